The van der Waals surface area contributed by atoms with E-state index in [0.29, 0.717) is 12.5 Å². The maximum atomic E-state index is 11.6. The van der Waals surface area contributed by atoms with Gasteiger partial charge >= 0.3 is 6.09 Å². The summed E-state index contributed by atoms with van der Waals surface area (Å²) in [5, 5.41) is 2.87. The second kappa shape index (κ2) is 8.52. The molecule has 1 aromatic rings. The number of alkyl carbamates (subject to hydrolysis) is 1. The lowest BCUT2D eigenvalue weighted by molar-refractivity contribution is 0.0522. The van der Waals surface area contributed by atoms with E-state index in [1.165, 1.54) is 24.0 Å². The first kappa shape index (κ1) is 18.8. The number of carbonyl (C=O) groups excluding carboxylic acids is 1. The van der Waals surface area contributed by atoms with E-state index in [2.05, 4.69) is 41.4 Å². The fourth-order valence-corrected chi connectivity index (χ4v) is 3.08. The average molecular weight is 332 g/mol. The van der Waals surface area contributed by atoms with Crippen LogP contribution in [0, 0.1) is 12.8 Å². The summed E-state index contributed by atoms with van der Waals surface area (Å²) in [5.41, 5.74) is 2.28. The molecule has 0 saturated carbocycles. The summed E-state index contributed by atoms with van der Waals surface area (Å²) in [6.45, 7) is 11.8. The number of nitrogens with one attached hydrogen (secondary N) is 1. The summed E-state index contributed by atoms with van der Waals surface area (Å²) < 4.78 is 5.26. The lowest BCUT2D eigenvalue weighted by atomic mass is 9.93. The van der Waals surface area contributed by atoms with Gasteiger partial charge in [0.15, 0.2) is 0 Å². The highest BCUT2D eigenvalue weighted by atomic mass is 16.6. The molecule has 1 amide bonds. The minimum Gasteiger partial charge on any atom is -0.444 e. The van der Waals surface area contributed by atoms with E-state index in [0.717, 1.165) is 26.1 Å². The van der Waals surface area contributed by atoms with Crippen LogP contribution in [0.5, 0.6) is 0 Å². The van der Waals surface area contributed by atoms with Gasteiger partial charge in [-0.2, -0.15) is 0 Å². The Morgan fingerprint density at radius 3 is 2.42 bits per heavy atom. The van der Waals surface area contributed by atoms with Crippen LogP contribution in [0.4, 0.5) is 4.79 Å². The minimum atomic E-state index is -0.425. The maximum Gasteiger partial charge on any atom is 0.407 e. The Kier molecular flexibility index (Phi) is 6.67. The van der Waals surface area contributed by atoms with Crippen LogP contribution in [0.25, 0.3) is 0 Å². The Hall–Kier alpha value is -1.55. The van der Waals surface area contributed by atoms with E-state index in [-0.39, 0.29) is 6.09 Å². The Morgan fingerprint density at radius 1 is 1.21 bits per heavy atom. The third kappa shape index (κ3) is 6.91. The van der Waals surface area contributed by atoms with Crippen LogP contribution in [-0.2, 0) is 11.3 Å². The van der Waals surface area contributed by atoms with Crippen LogP contribution in [-0.4, -0.2) is 36.2 Å². The molecule has 4 heteroatoms. The molecule has 1 N–H and O–H groups in total. The summed E-state index contributed by atoms with van der Waals surface area (Å²) in [6.07, 6.45) is 3.15. The number of rotatable bonds is 5. The number of aryl methyl sites for hydroxylation is 1. The second-order valence-electron chi connectivity index (χ2n) is 7.92. The fourth-order valence-electron chi connectivity index (χ4n) is 3.08. The van der Waals surface area contributed by atoms with Crippen molar-refractivity contribution in [2.75, 3.05) is 19.6 Å². The molecule has 1 saturated heterocycles. The van der Waals surface area contributed by atoms with Crippen molar-refractivity contribution in [2.45, 2.75) is 59.1 Å². The lowest BCUT2D eigenvalue weighted by Gasteiger charge is -2.32. The van der Waals surface area contributed by atoms with E-state index in [1.54, 1.807) is 0 Å². The SMILES string of the molecule is Cc1ccc(CN2CCC(CCNC(=O)OC(C)(C)C)CC2)cc1. The van der Waals surface area contributed by atoms with Crippen molar-refractivity contribution in [1.29, 1.82) is 0 Å². The minimum absolute atomic E-state index is 0.306. The predicted molar refractivity (Wildman–Crippen MR) is 98.0 cm³/mol. The van der Waals surface area contributed by atoms with Gasteiger partial charge in [0.2, 0.25) is 0 Å². The number of nitrogens with zero attached hydrogens (tertiary/aromatic N) is 1. The third-order valence-corrected chi connectivity index (χ3v) is 4.45. The molecule has 0 aromatic heterocycles. The van der Waals surface area contributed by atoms with Crippen molar-refractivity contribution >= 4 is 6.09 Å². The summed E-state index contributed by atoms with van der Waals surface area (Å²) >= 11 is 0. The second-order valence-corrected chi connectivity index (χ2v) is 7.92. The molecular weight excluding hydrogens is 300 g/mol. The van der Waals surface area contributed by atoms with Crippen LogP contribution < -0.4 is 5.32 Å². The molecule has 0 aliphatic carbocycles. The van der Waals surface area contributed by atoms with Gasteiger partial charge in [-0.1, -0.05) is 29.8 Å². The molecule has 1 fully saturated rings. The quantitative estimate of drug-likeness (QED) is 0.882. The lowest BCUT2D eigenvalue weighted by Crippen LogP contribution is -2.36. The third-order valence-electron chi connectivity index (χ3n) is 4.45. The highest BCUT2D eigenvalue weighted by Crippen LogP contribution is 2.21. The summed E-state index contributed by atoms with van der Waals surface area (Å²) in [7, 11) is 0. The van der Waals surface area contributed by atoms with Gasteiger partial charge < -0.3 is 10.1 Å². The molecule has 1 aliphatic heterocycles. The number of amides is 1. The molecule has 134 valence electrons. The zero-order chi connectivity index (χ0) is 17.6. The van der Waals surface area contributed by atoms with E-state index in [9.17, 15) is 4.79 Å². The molecule has 1 aliphatic rings. The van der Waals surface area contributed by atoms with Crippen molar-refractivity contribution in [1.82, 2.24) is 10.2 Å². The molecule has 0 unspecified atom stereocenters. The van der Waals surface area contributed by atoms with Crippen LogP contribution in [0.2, 0.25) is 0 Å². The first-order valence-corrected chi connectivity index (χ1v) is 9.06. The smallest absolute Gasteiger partial charge is 0.407 e. The molecular formula is C20H32N2O2. The number of hydrogen-bond acceptors (Lipinski definition) is 3. The van der Waals surface area contributed by atoms with Crippen LogP contribution in [0.15, 0.2) is 24.3 Å². The summed E-state index contributed by atoms with van der Waals surface area (Å²) in [5.74, 6) is 0.703. The molecule has 0 bridgehead atoms. The molecule has 2 rings (SSSR count). The van der Waals surface area contributed by atoms with Crippen molar-refractivity contribution in [2.24, 2.45) is 5.92 Å². The maximum absolute atomic E-state index is 11.6. The van der Waals surface area contributed by atoms with E-state index < -0.39 is 5.60 Å². The number of likely N-dealkylation sites (tertiary alicyclic amines) is 1. The zero-order valence-corrected chi connectivity index (χ0v) is 15.6. The van der Waals surface area contributed by atoms with Gasteiger partial charge in [0.1, 0.15) is 5.60 Å². The topological polar surface area (TPSA) is 41.6 Å². The van der Waals surface area contributed by atoms with Crippen LogP contribution in [0.3, 0.4) is 0 Å². The van der Waals surface area contributed by atoms with Crippen molar-refractivity contribution in [3.05, 3.63) is 35.4 Å². The molecule has 1 heterocycles. The summed E-state index contributed by atoms with van der Waals surface area (Å²) in [6, 6.07) is 8.83. The van der Waals surface area contributed by atoms with Crippen molar-refractivity contribution in [3.63, 3.8) is 0 Å². The molecule has 24 heavy (non-hydrogen) atoms. The van der Waals surface area contributed by atoms with Gasteiger partial charge in [0, 0.05) is 13.1 Å². The zero-order valence-electron chi connectivity index (χ0n) is 15.6. The monoisotopic (exact) mass is 332 g/mol. The Morgan fingerprint density at radius 2 is 1.83 bits per heavy atom. The van der Waals surface area contributed by atoms with Gasteiger partial charge in [-0.05, 0) is 71.5 Å². The fraction of sp³-hybridized carbons (Fsp3) is 0.650. The normalized spacial score (nSPS) is 16.8. The molecule has 0 spiro atoms. The van der Waals surface area contributed by atoms with E-state index >= 15 is 0 Å². The van der Waals surface area contributed by atoms with Gasteiger partial charge in [-0.25, -0.2) is 4.79 Å². The molecule has 0 atom stereocenters. The van der Waals surface area contributed by atoms with Crippen molar-refractivity contribution < 1.29 is 9.53 Å². The van der Waals surface area contributed by atoms with Crippen LogP contribution >= 0.6 is 0 Å². The standard InChI is InChI=1S/C20H32N2O2/c1-16-5-7-18(8-6-16)15-22-13-10-17(11-14-22)9-12-21-19(23)24-20(2,3)4/h5-8,17H,9-15H2,1-4H3,(H,21,23). The van der Waals surface area contributed by atoms with Crippen molar-refractivity contribution in [3.8, 4) is 0 Å². The molecule has 1 aromatic carbocycles. The highest BCUT2D eigenvalue weighted by Gasteiger charge is 2.20. The molecule has 4 nitrogen and oxygen atoms in total. The van der Waals surface area contributed by atoms with Gasteiger partial charge in [-0.3, -0.25) is 4.90 Å². The van der Waals surface area contributed by atoms with Gasteiger partial charge in [-0.15, -0.1) is 0 Å². The molecule has 0 radical (unpaired) electrons. The average Bonchev–Trinajstić information content (AvgIpc) is 2.49. The highest BCUT2D eigenvalue weighted by molar-refractivity contribution is 5.67. The number of carbonyl (C=O) groups is 1. The number of ether oxygens (including phenoxy) is 1. The Labute approximate surface area is 146 Å². The number of piperidine rings is 1. The van der Waals surface area contributed by atoms with Gasteiger partial charge in [0.25, 0.3) is 0 Å². The summed E-state index contributed by atoms with van der Waals surface area (Å²) in [4.78, 5) is 14.2. The first-order chi connectivity index (χ1) is 11.3. The Balaban J connectivity index is 1.62. The van der Waals surface area contributed by atoms with Crippen LogP contribution in [0.1, 0.15) is 51.2 Å². The number of hydrogen-bond donors (Lipinski definition) is 1. The number of benzene rings is 1. The van der Waals surface area contributed by atoms with E-state index in [4.69, 9.17) is 4.74 Å². The van der Waals surface area contributed by atoms with Gasteiger partial charge in [0.05, 0.1) is 0 Å². The first-order valence-electron chi connectivity index (χ1n) is 9.06. The Bertz CT molecular complexity index is 511. The van der Waals surface area contributed by atoms with E-state index in [1.807, 2.05) is 20.8 Å². The largest absolute Gasteiger partial charge is 0.444 e. The predicted octanol–water partition coefficient (Wildman–Crippen LogP) is 4.12.